The second-order valence-corrected chi connectivity index (χ2v) is 3.09. The molecule has 1 aromatic heterocycles. The first-order valence-corrected chi connectivity index (χ1v) is 4.04. The fourth-order valence-corrected chi connectivity index (χ4v) is 1.00. The molecule has 1 rings (SSSR count). The summed E-state index contributed by atoms with van der Waals surface area (Å²) in [6.07, 6.45) is 1.74. The number of Topliss-reactive ketones (excluding diaryl/α,β-unsaturated/α-hetero) is 1. The van der Waals surface area contributed by atoms with Gasteiger partial charge in [-0.05, 0) is 38.5 Å². The Morgan fingerprint density at radius 3 is 2.75 bits per heavy atom. The number of ketones is 1. The number of rotatable bonds is 2. The molecule has 1 atom stereocenters. The summed E-state index contributed by atoms with van der Waals surface area (Å²) in [6, 6.07) is 3.88. The fraction of sp³-hybridized carbons (Fsp3) is 0.400. The van der Waals surface area contributed by atoms with Gasteiger partial charge in [-0.1, -0.05) is 0 Å². The smallest absolute Gasteiger partial charge is 0.138 e. The Morgan fingerprint density at radius 1 is 1.58 bits per heavy atom. The maximum absolute atomic E-state index is 11.0. The van der Waals surface area contributed by atoms with Crippen molar-refractivity contribution in [2.75, 3.05) is 0 Å². The van der Waals surface area contributed by atoms with Crippen LogP contribution in [0.15, 0.2) is 18.3 Å². The van der Waals surface area contributed by atoms with E-state index in [4.69, 9.17) is 0 Å². The van der Waals surface area contributed by atoms with Crippen LogP contribution in [0.25, 0.3) is 0 Å². The van der Waals surface area contributed by atoms with Crippen LogP contribution in [0.3, 0.4) is 0 Å². The second kappa shape index (κ2) is 3.48. The van der Waals surface area contributed by atoms with Crippen molar-refractivity contribution in [2.45, 2.75) is 26.7 Å². The van der Waals surface area contributed by atoms with Crippen LogP contribution in [0.4, 0.5) is 0 Å². The molecule has 0 fully saturated rings. The van der Waals surface area contributed by atoms with Crippen molar-refractivity contribution in [3.8, 4) is 0 Å². The van der Waals surface area contributed by atoms with Crippen molar-refractivity contribution in [3.63, 3.8) is 0 Å². The van der Waals surface area contributed by atoms with Crippen LogP contribution in [0.2, 0.25) is 0 Å². The van der Waals surface area contributed by atoms with E-state index in [0.717, 1.165) is 11.3 Å². The largest absolute Gasteiger partial charge is 0.299 e. The number of pyridine rings is 1. The van der Waals surface area contributed by atoms with Gasteiger partial charge in [0, 0.05) is 6.20 Å². The van der Waals surface area contributed by atoms with Gasteiger partial charge in [0.15, 0.2) is 0 Å². The lowest BCUT2D eigenvalue weighted by atomic mass is 10.0. The molecule has 0 N–H and O–H groups in total. The van der Waals surface area contributed by atoms with Crippen LogP contribution in [-0.4, -0.2) is 10.8 Å². The van der Waals surface area contributed by atoms with Gasteiger partial charge in [-0.25, -0.2) is 0 Å². The molecule has 0 aliphatic carbocycles. The van der Waals surface area contributed by atoms with E-state index in [0.29, 0.717) is 0 Å². The Bertz CT molecular complexity index is 294. The van der Waals surface area contributed by atoms with E-state index < -0.39 is 0 Å². The third-order valence-electron chi connectivity index (χ3n) is 1.99. The Kier molecular flexibility index (Phi) is 2.58. The van der Waals surface area contributed by atoms with Gasteiger partial charge in [-0.15, -0.1) is 0 Å². The molecule has 1 unspecified atom stereocenters. The number of carbonyl (C=O) groups is 1. The summed E-state index contributed by atoms with van der Waals surface area (Å²) in [7, 11) is 0. The minimum Gasteiger partial charge on any atom is -0.299 e. The third-order valence-corrected chi connectivity index (χ3v) is 1.99. The molecular weight excluding hydrogens is 150 g/mol. The van der Waals surface area contributed by atoms with Crippen LogP contribution < -0.4 is 0 Å². The summed E-state index contributed by atoms with van der Waals surface area (Å²) < 4.78 is 0. The van der Waals surface area contributed by atoms with Crippen molar-refractivity contribution in [1.29, 1.82) is 0 Å². The molecule has 0 amide bonds. The molecule has 1 aromatic rings. The molecule has 0 radical (unpaired) electrons. The highest BCUT2D eigenvalue weighted by molar-refractivity contribution is 5.82. The lowest BCUT2D eigenvalue weighted by Gasteiger charge is -2.06. The SMILES string of the molecule is CC(=O)C(C)c1cc(C)ccn1. The molecule has 0 aromatic carbocycles. The Morgan fingerprint density at radius 2 is 2.25 bits per heavy atom. The standard InChI is InChI=1S/C10H13NO/c1-7-4-5-11-10(6-7)8(2)9(3)12/h4-6,8H,1-3H3. The molecule has 12 heavy (non-hydrogen) atoms. The number of hydrogen-bond acceptors (Lipinski definition) is 2. The molecule has 1 heterocycles. The van der Waals surface area contributed by atoms with Gasteiger partial charge in [0.05, 0.1) is 11.6 Å². The molecule has 0 aliphatic rings. The van der Waals surface area contributed by atoms with Gasteiger partial charge in [-0.2, -0.15) is 0 Å². The van der Waals surface area contributed by atoms with E-state index in [2.05, 4.69) is 4.98 Å². The zero-order valence-electron chi connectivity index (χ0n) is 7.66. The first-order valence-electron chi connectivity index (χ1n) is 4.04. The van der Waals surface area contributed by atoms with Crippen molar-refractivity contribution >= 4 is 5.78 Å². The minimum atomic E-state index is -0.0788. The monoisotopic (exact) mass is 163 g/mol. The van der Waals surface area contributed by atoms with Crippen molar-refractivity contribution in [1.82, 2.24) is 4.98 Å². The van der Waals surface area contributed by atoms with E-state index in [9.17, 15) is 4.79 Å². The Hall–Kier alpha value is -1.18. The average molecular weight is 163 g/mol. The van der Waals surface area contributed by atoms with Crippen molar-refractivity contribution in [3.05, 3.63) is 29.6 Å². The Balaban J connectivity index is 2.95. The summed E-state index contributed by atoms with van der Waals surface area (Å²) in [6.45, 7) is 5.47. The van der Waals surface area contributed by atoms with Crippen LogP contribution in [0.5, 0.6) is 0 Å². The highest BCUT2D eigenvalue weighted by Crippen LogP contribution is 2.13. The number of hydrogen-bond donors (Lipinski definition) is 0. The lowest BCUT2D eigenvalue weighted by Crippen LogP contribution is -2.06. The predicted octanol–water partition coefficient (Wildman–Crippen LogP) is 2.08. The second-order valence-electron chi connectivity index (χ2n) is 3.09. The fourth-order valence-electron chi connectivity index (χ4n) is 1.00. The van der Waals surface area contributed by atoms with E-state index in [1.807, 2.05) is 26.0 Å². The Labute approximate surface area is 72.6 Å². The number of nitrogens with zero attached hydrogens (tertiary/aromatic N) is 1. The predicted molar refractivity (Wildman–Crippen MR) is 48.1 cm³/mol. The average Bonchev–Trinajstić information content (AvgIpc) is 2.03. The van der Waals surface area contributed by atoms with Crippen molar-refractivity contribution < 1.29 is 4.79 Å². The molecule has 0 saturated heterocycles. The molecule has 0 spiro atoms. The molecule has 0 saturated carbocycles. The number of aromatic nitrogens is 1. The topological polar surface area (TPSA) is 30.0 Å². The van der Waals surface area contributed by atoms with Crippen LogP contribution >= 0.6 is 0 Å². The zero-order valence-corrected chi connectivity index (χ0v) is 7.66. The van der Waals surface area contributed by atoms with E-state index >= 15 is 0 Å². The van der Waals surface area contributed by atoms with Crippen LogP contribution in [0.1, 0.15) is 31.0 Å². The van der Waals surface area contributed by atoms with Gasteiger partial charge >= 0.3 is 0 Å². The van der Waals surface area contributed by atoms with Crippen molar-refractivity contribution in [2.24, 2.45) is 0 Å². The summed E-state index contributed by atoms with van der Waals surface area (Å²) in [5.41, 5.74) is 2.01. The normalized spacial score (nSPS) is 12.6. The quantitative estimate of drug-likeness (QED) is 0.668. The van der Waals surface area contributed by atoms with Gasteiger partial charge in [0.2, 0.25) is 0 Å². The maximum atomic E-state index is 11.0. The third kappa shape index (κ3) is 1.91. The minimum absolute atomic E-state index is 0.0788. The van der Waals surface area contributed by atoms with E-state index in [-0.39, 0.29) is 11.7 Å². The van der Waals surface area contributed by atoms with Gasteiger partial charge in [0.25, 0.3) is 0 Å². The zero-order chi connectivity index (χ0) is 9.14. The van der Waals surface area contributed by atoms with E-state index in [1.54, 1.807) is 13.1 Å². The molecule has 2 heteroatoms. The van der Waals surface area contributed by atoms with Crippen LogP contribution in [-0.2, 0) is 4.79 Å². The van der Waals surface area contributed by atoms with Gasteiger partial charge < -0.3 is 0 Å². The molecule has 0 bridgehead atoms. The summed E-state index contributed by atoms with van der Waals surface area (Å²) in [5, 5.41) is 0. The first-order chi connectivity index (χ1) is 5.61. The number of carbonyl (C=O) groups excluding carboxylic acids is 1. The first kappa shape index (κ1) is 8.91. The molecular formula is C10H13NO. The van der Waals surface area contributed by atoms with E-state index in [1.165, 1.54) is 0 Å². The molecule has 0 aliphatic heterocycles. The van der Waals surface area contributed by atoms with Gasteiger partial charge in [0.1, 0.15) is 5.78 Å². The molecule has 2 nitrogen and oxygen atoms in total. The van der Waals surface area contributed by atoms with Crippen LogP contribution in [0, 0.1) is 6.92 Å². The van der Waals surface area contributed by atoms with Gasteiger partial charge in [-0.3, -0.25) is 9.78 Å². The summed E-state index contributed by atoms with van der Waals surface area (Å²) >= 11 is 0. The lowest BCUT2D eigenvalue weighted by molar-refractivity contribution is -0.118. The highest BCUT2D eigenvalue weighted by Gasteiger charge is 2.10. The molecule has 64 valence electrons. The summed E-state index contributed by atoms with van der Waals surface area (Å²) in [5.74, 6) is 0.0815. The highest BCUT2D eigenvalue weighted by atomic mass is 16.1. The summed E-state index contributed by atoms with van der Waals surface area (Å²) in [4.78, 5) is 15.2. The number of aryl methyl sites for hydroxylation is 1. The maximum Gasteiger partial charge on any atom is 0.138 e.